The molecule has 0 radical (unpaired) electrons. The third-order valence-electron chi connectivity index (χ3n) is 3.94. The van der Waals surface area contributed by atoms with E-state index in [4.69, 9.17) is 0 Å². The number of nitrogens with one attached hydrogen (secondary N) is 2. The number of rotatable bonds is 7. The minimum absolute atomic E-state index is 0.237. The van der Waals surface area contributed by atoms with Gasteiger partial charge in [0.2, 0.25) is 10.0 Å². The smallest absolute Gasteiger partial charge is 0.241 e. The van der Waals surface area contributed by atoms with Gasteiger partial charge < -0.3 is 5.32 Å². The lowest BCUT2D eigenvalue weighted by molar-refractivity contribution is 0.214. The van der Waals surface area contributed by atoms with Gasteiger partial charge in [-0.15, -0.1) is 0 Å². The van der Waals surface area contributed by atoms with Gasteiger partial charge in [-0.05, 0) is 38.2 Å². The van der Waals surface area contributed by atoms with Crippen molar-refractivity contribution in [2.45, 2.75) is 56.4 Å². The molecule has 0 atom stereocenters. The van der Waals surface area contributed by atoms with E-state index >= 15 is 0 Å². The van der Waals surface area contributed by atoms with E-state index in [1.165, 1.54) is 6.20 Å². The number of anilines is 1. The number of pyridine rings is 1. The molecule has 0 saturated heterocycles. The fourth-order valence-corrected chi connectivity index (χ4v) is 3.95. The molecule has 0 aliphatic heterocycles. The van der Waals surface area contributed by atoms with Crippen molar-refractivity contribution in [2.24, 2.45) is 0 Å². The lowest BCUT2D eigenvalue weighted by atomic mass is 9.76. The van der Waals surface area contributed by atoms with E-state index in [1.54, 1.807) is 12.1 Å². The summed E-state index contributed by atoms with van der Waals surface area (Å²) in [6.45, 7) is 4.86. The third kappa shape index (κ3) is 3.30. The Bertz CT molecular complexity index is 548. The molecule has 20 heavy (non-hydrogen) atoms. The van der Waals surface area contributed by atoms with Crippen molar-refractivity contribution < 1.29 is 8.42 Å². The zero-order valence-corrected chi connectivity index (χ0v) is 13.0. The number of sulfonamides is 1. The molecule has 5 nitrogen and oxygen atoms in total. The molecule has 112 valence electrons. The van der Waals surface area contributed by atoms with E-state index in [-0.39, 0.29) is 10.4 Å². The van der Waals surface area contributed by atoms with Gasteiger partial charge in [0.05, 0.1) is 4.90 Å². The van der Waals surface area contributed by atoms with Gasteiger partial charge >= 0.3 is 0 Å². The molecule has 1 aromatic heterocycles. The Labute approximate surface area is 121 Å². The molecule has 6 heteroatoms. The molecule has 1 saturated carbocycles. The number of nitrogens with zero attached hydrogens (tertiary/aromatic N) is 1. The van der Waals surface area contributed by atoms with E-state index in [2.05, 4.69) is 21.9 Å². The molecule has 1 aliphatic rings. The van der Waals surface area contributed by atoms with Crippen LogP contribution in [0, 0.1) is 0 Å². The molecule has 1 heterocycles. The van der Waals surface area contributed by atoms with Crippen LogP contribution in [0.4, 0.5) is 5.82 Å². The zero-order valence-electron chi connectivity index (χ0n) is 12.1. The second-order valence-electron chi connectivity index (χ2n) is 5.40. The molecular formula is C14H23N3O2S. The summed E-state index contributed by atoms with van der Waals surface area (Å²) in [5, 5.41) is 3.11. The van der Waals surface area contributed by atoms with Gasteiger partial charge in [0.25, 0.3) is 0 Å². The average Bonchev–Trinajstić information content (AvgIpc) is 2.41. The van der Waals surface area contributed by atoms with Crippen LogP contribution in [0.3, 0.4) is 0 Å². The molecule has 0 aromatic carbocycles. The van der Waals surface area contributed by atoms with Gasteiger partial charge in [0.15, 0.2) is 0 Å². The van der Waals surface area contributed by atoms with E-state index in [1.807, 2.05) is 6.92 Å². The molecule has 0 unspecified atom stereocenters. The quantitative estimate of drug-likeness (QED) is 0.811. The van der Waals surface area contributed by atoms with Gasteiger partial charge in [-0.1, -0.05) is 13.8 Å². The lowest BCUT2D eigenvalue weighted by Gasteiger charge is -2.41. The first-order valence-electron chi connectivity index (χ1n) is 7.25. The first kappa shape index (κ1) is 15.3. The molecule has 0 spiro atoms. The summed E-state index contributed by atoms with van der Waals surface area (Å²) in [5.41, 5.74) is -0.237. The zero-order chi connectivity index (χ0) is 14.6. The highest BCUT2D eigenvalue weighted by Gasteiger charge is 2.39. The maximum absolute atomic E-state index is 12.5. The SMILES string of the molecule is CCCNc1cc(S(=O)(=O)NC2(CC)CCC2)ccn1. The Balaban J connectivity index is 2.16. The molecule has 2 N–H and O–H groups in total. The highest BCUT2D eigenvalue weighted by molar-refractivity contribution is 7.89. The largest absolute Gasteiger partial charge is 0.370 e. The van der Waals surface area contributed by atoms with Crippen molar-refractivity contribution in [3.8, 4) is 0 Å². The molecule has 1 aliphatic carbocycles. The van der Waals surface area contributed by atoms with Crippen LogP contribution in [0.2, 0.25) is 0 Å². The van der Waals surface area contributed by atoms with Crippen LogP contribution in [0.15, 0.2) is 23.2 Å². The molecule has 1 fully saturated rings. The average molecular weight is 297 g/mol. The summed E-state index contributed by atoms with van der Waals surface area (Å²) >= 11 is 0. The van der Waals surface area contributed by atoms with Crippen molar-refractivity contribution in [3.63, 3.8) is 0 Å². The van der Waals surface area contributed by atoms with Crippen LogP contribution in [-0.4, -0.2) is 25.5 Å². The summed E-state index contributed by atoms with van der Waals surface area (Å²) in [4.78, 5) is 4.42. The second-order valence-corrected chi connectivity index (χ2v) is 7.08. The second kappa shape index (κ2) is 6.10. The Morgan fingerprint density at radius 1 is 1.35 bits per heavy atom. The summed E-state index contributed by atoms with van der Waals surface area (Å²) in [7, 11) is -3.47. The first-order chi connectivity index (χ1) is 9.51. The van der Waals surface area contributed by atoms with Gasteiger partial charge in [0, 0.05) is 24.3 Å². The van der Waals surface area contributed by atoms with E-state index in [0.29, 0.717) is 5.82 Å². The van der Waals surface area contributed by atoms with Crippen molar-refractivity contribution in [1.29, 1.82) is 0 Å². The van der Waals surface area contributed by atoms with Crippen LogP contribution in [0.5, 0.6) is 0 Å². The molecule has 2 rings (SSSR count). The minimum atomic E-state index is -3.47. The summed E-state index contributed by atoms with van der Waals surface area (Å²) < 4.78 is 27.8. The number of hydrogen-bond donors (Lipinski definition) is 2. The van der Waals surface area contributed by atoms with Crippen molar-refractivity contribution in [1.82, 2.24) is 9.71 Å². The summed E-state index contributed by atoms with van der Waals surface area (Å²) in [6.07, 6.45) is 6.28. The first-order valence-corrected chi connectivity index (χ1v) is 8.73. The summed E-state index contributed by atoms with van der Waals surface area (Å²) in [5.74, 6) is 0.605. The number of aromatic nitrogens is 1. The highest BCUT2D eigenvalue weighted by atomic mass is 32.2. The molecule has 0 bridgehead atoms. The third-order valence-corrected chi connectivity index (χ3v) is 5.51. The van der Waals surface area contributed by atoms with Crippen molar-refractivity contribution >= 4 is 15.8 Å². The Hall–Kier alpha value is -1.14. The van der Waals surface area contributed by atoms with Crippen molar-refractivity contribution in [2.75, 3.05) is 11.9 Å². The predicted molar refractivity (Wildman–Crippen MR) is 80.2 cm³/mol. The van der Waals surface area contributed by atoms with E-state index < -0.39 is 10.0 Å². The van der Waals surface area contributed by atoms with Gasteiger partial charge in [-0.2, -0.15) is 0 Å². The monoisotopic (exact) mass is 297 g/mol. The predicted octanol–water partition coefficient (Wildman–Crippen LogP) is 2.51. The highest BCUT2D eigenvalue weighted by Crippen LogP contribution is 2.36. The van der Waals surface area contributed by atoms with Crippen molar-refractivity contribution in [3.05, 3.63) is 18.3 Å². The Morgan fingerprint density at radius 2 is 2.10 bits per heavy atom. The lowest BCUT2D eigenvalue weighted by Crippen LogP contribution is -2.52. The summed E-state index contributed by atoms with van der Waals surface area (Å²) in [6, 6.07) is 3.14. The van der Waals surface area contributed by atoms with Crippen LogP contribution >= 0.6 is 0 Å². The molecule has 1 aromatic rings. The normalized spacial score (nSPS) is 17.5. The van der Waals surface area contributed by atoms with Crippen LogP contribution in [-0.2, 0) is 10.0 Å². The maximum Gasteiger partial charge on any atom is 0.241 e. The van der Waals surface area contributed by atoms with Gasteiger partial charge in [-0.25, -0.2) is 18.1 Å². The number of hydrogen-bond acceptors (Lipinski definition) is 4. The van der Waals surface area contributed by atoms with Gasteiger partial charge in [0.1, 0.15) is 5.82 Å². The maximum atomic E-state index is 12.5. The van der Waals surface area contributed by atoms with E-state index in [9.17, 15) is 8.42 Å². The Kier molecular flexibility index (Phi) is 4.65. The van der Waals surface area contributed by atoms with Crippen LogP contribution in [0.1, 0.15) is 46.0 Å². The molecular weight excluding hydrogens is 274 g/mol. The van der Waals surface area contributed by atoms with Crippen LogP contribution < -0.4 is 10.0 Å². The standard InChI is InChI=1S/C14H23N3O2S/c1-3-9-15-13-11-12(6-10-16-13)20(18,19)17-14(4-2)7-5-8-14/h6,10-11,17H,3-5,7-9H2,1-2H3,(H,15,16). The Morgan fingerprint density at radius 3 is 2.65 bits per heavy atom. The fourth-order valence-electron chi connectivity index (χ4n) is 2.40. The van der Waals surface area contributed by atoms with E-state index in [0.717, 1.165) is 38.6 Å². The molecule has 0 amide bonds. The van der Waals surface area contributed by atoms with Crippen LogP contribution in [0.25, 0.3) is 0 Å². The fraction of sp³-hybridized carbons (Fsp3) is 0.643. The topological polar surface area (TPSA) is 71.1 Å². The minimum Gasteiger partial charge on any atom is -0.370 e. The van der Waals surface area contributed by atoms with Gasteiger partial charge in [-0.3, -0.25) is 0 Å².